The van der Waals surface area contributed by atoms with E-state index in [1.807, 2.05) is 24.7 Å². The fraction of sp³-hybridized carbons (Fsp3) is 0.846. The standard InChI is InChI=1S/C11H22N4.C2H6/c1-4-15-9-11(13-14-15)6-5-7-12-8-10(2)3;1-2/h9-10,12H,4-8H2,1-3H3;1-2H3. The molecule has 0 atom stereocenters. The van der Waals surface area contributed by atoms with Crippen molar-refractivity contribution >= 4 is 0 Å². The second-order valence-electron chi connectivity index (χ2n) is 4.27. The molecule has 0 spiro atoms. The summed E-state index contributed by atoms with van der Waals surface area (Å²) in [5.74, 6) is 0.728. The number of aromatic nitrogens is 3. The Morgan fingerprint density at radius 1 is 1.35 bits per heavy atom. The van der Waals surface area contributed by atoms with Crippen LogP contribution in [-0.4, -0.2) is 28.1 Å². The van der Waals surface area contributed by atoms with Gasteiger partial charge in [0.05, 0.1) is 5.69 Å². The lowest BCUT2D eigenvalue weighted by atomic mass is 10.2. The van der Waals surface area contributed by atoms with E-state index in [2.05, 4.69) is 36.4 Å². The van der Waals surface area contributed by atoms with Gasteiger partial charge in [-0.3, -0.25) is 4.68 Å². The van der Waals surface area contributed by atoms with Gasteiger partial charge in [0, 0.05) is 12.7 Å². The molecule has 0 bridgehead atoms. The molecule has 4 nitrogen and oxygen atoms in total. The first-order valence-electron chi connectivity index (χ1n) is 6.82. The van der Waals surface area contributed by atoms with Gasteiger partial charge in [-0.1, -0.05) is 32.9 Å². The van der Waals surface area contributed by atoms with Crippen LogP contribution >= 0.6 is 0 Å². The zero-order valence-corrected chi connectivity index (χ0v) is 12.0. The summed E-state index contributed by atoms with van der Waals surface area (Å²) >= 11 is 0. The highest BCUT2D eigenvalue weighted by atomic mass is 15.4. The Kier molecular flexibility index (Phi) is 9.72. The molecule has 1 rings (SSSR count). The number of hydrogen-bond donors (Lipinski definition) is 1. The van der Waals surface area contributed by atoms with Crippen LogP contribution in [0.2, 0.25) is 0 Å². The molecular formula is C13H28N4. The molecule has 0 aliphatic carbocycles. The molecule has 100 valence electrons. The number of aryl methyl sites for hydroxylation is 2. The van der Waals surface area contributed by atoms with Crippen molar-refractivity contribution in [3.05, 3.63) is 11.9 Å². The van der Waals surface area contributed by atoms with Gasteiger partial charge in [-0.05, 0) is 38.8 Å². The molecular weight excluding hydrogens is 212 g/mol. The van der Waals surface area contributed by atoms with Gasteiger partial charge in [-0.15, -0.1) is 5.10 Å². The highest BCUT2D eigenvalue weighted by Crippen LogP contribution is 1.97. The van der Waals surface area contributed by atoms with Crippen molar-refractivity contribution in [2.45, 2.75) is 54.0 Å². The van der Waals surface area contributed by atoms with Crippen LogP contribution in [-0.2, 0) is 13.0 Å². The lowest BCUT2D eigenvalue weighted by molar-refractivity contribution is 0.542. The number of nitrogens with one attached hydrogen (secondary N) is 1. The minimum Gasteiger partial charge on any atom is -0.316 e. The Bertz CT molecular complexity index is 268. The second kappa shape index (κ2) is 10.3. The number of hydrogen-bond acceptors (Lipinski definition) is 3. The van der Waals surface area contributed by atoms with Crippen LogP contribution in [0.3, 0.4) is 0 Å². The average Bonchev–Trinajstić information content (AvgIpc) is 2.79. The van der Waals surface area contributed by atoms with Crippen LogP contribution in [0.1, 0.15) is 46.7 Å². The van der Waals surface area contributed by atoms with Gasteiger partial charge in [0.2, 0.25) is 0 Å². The third kappa shape index (κ3) is 7.91. The fourth-order valence-corrected chi connectivity index (χ4v) is 1.39. The quantitative estimate of drug-likeness (QED) is 0.745. The van der Waals surface area contributed by atoms with Gasteiger partial charge < -0.3 is 5.32 Å². The Morgan fingerprint density at radius 3 is 2.59 bits per heavy atom. The number of nitrogens with zero attached hydrogens (tertiary/aromatic N) is 3. The molecule has 0 saturated heterocycles. The normalized spacial score (nSPS) is 10.2. The Labute approximate surface area is 106 Å². The van der Waals surface area contributed by atoms with E-state index < -0.39 is 0 Å². The molecule has 0 aliphatic rings. The van der Waals surface area contributed by atoms with Gasteiger partial charge in [-0.25, -0.2) is 0 Å². The van der Waals surface area contributed by atoms with Gasteiger partial charge in [0.25, 0.3) is 0 Å². The zero-order valence-electron chi connectivity index (χ0n) is 12.0. The van der Waals surface area contributed by atoms with Gasteiger partial charge in [0.15, 0.2) is 0 Å². The summed E-state index contributed by atoms with van der Waals surface area (Å²) in [5.41, 5.74) is 1.10. The first kappa shape index (κ1) is 16.1. The highest BCUT2D eigenvalue weighted by molar-refractivity contribution is 4.92. The summed E-state index contributed by atoms with van der Waals surface area (Å²) in [6, 6.07) is 0. The maximum Gasteiger partial charge on any atom is 0.0827 e. The summed E-state index contributed by atoms with van der Waals surface area (Å²) in [6.45, 7) is 13.6. The van der Waals surface area contributed by atoms with Crippen LogP contribution in [0.4, 0.5) is 0 Å². The van der Waals surface area contributed by atoms with Crippen molar-refractivity contribution in [2.75, 3.05) is 13.1 Å². The van der Waals surface area contributed by atoms with Crippen LogP contribution in [0.15, 0.2) is 6.20 Å². The zero-order chi connectivity index (χ0) is 13.1. The molecule has 0 aliphatic heterocycles. The summed E-state index contributed by atoms with van der Waals surface area (Å²) in [6.07, 6.45) is 4.18. The Balaban J connectivity index is 0.00000121. The van der Waals surface area contributed by atoms with Crippen LogP contribution in [0.5, 0.6) is 0 Å². The maximum absolute atomic E-state index is 4.10. The molecule has 0 saturated carbocycles. The first-order valence-corrected chi connectivity index (χ1v) is 6.82. The molecule has 0 radical (unpaired) electrons. The summed E-state index contributed by atoms with van der Waals surface area (Å²) in [7, 11) is 0. The topological polar surface area (TPSA) is 42.7 Å². The second-order valence-corrected chi connectivity index (χ2v) is 4.27. The lowest BCUT2D eigenvalue weighted by Crippen LogP contribution is -2.21. The largest absolute Gasteiger partial charge is 0.316 e. The van der Waals surface area contributed by atoms with Crippen molar-refractivity contribution < 1.29 is 0 Å². The van der Waals surface area contributed by atoms with Crippen molar-refractivity contribution in [2.24, 2.45) is 5.92 Å². The molecule has 1 heterocycles. The molecule has 0 unspecified atom stereocenters. The van der Waals surface area contributed by atoms with E-state index in [9.17, 15) is 0 Å². The SMILES string of the molecule is CC.CCn1cc(CCCNCC(C)C)nn1. The molecule has 1 aromatic heterocycles. The fourth-order valence-electron chi connectivity index (χ4n) is 1.39. The average molecular weight is 240 g/mol. The lowest BCUT2D eigenvalue weighted by Gasteiger charge is -2.05. The Hall–Kier alpha value is -0.900. The molecule has 0 fully saturated rings. The minimum absolute atomic E-state index is 0.728. The van der Waals surface area contributed by atoms with E-state index >= 15 is 0 Å². The van der Waals surface area contributed by atoms with Crippen LogP contribution < -0.4 is 5.32 Å². The molecule has 17 heavy (non-hydrogen) atoms. The molecule has 1 N–H and O–H groups in total. The van der Waals surface area contributed by atoms with Gasteiger partial charge in [-0.2, -0.15) is 0 Å². The van der Waals surface area contributed by atoms with Crippen molar-refractivity contribution in [1.82, 2.24) is 20.3 Å². The third-order valence-electron chi connectivity index (χ3n) is 2.25. The van der Waals surface area contributed by atoms with E-state index in [0.29, 0.717) is 0 Å². The molecule has 0 aromatic carbocycles. The molecule has 0 amide bonds. The minimum atomic E-state index is 0.728. The Morgan fingerprint density at radius 2 is 2.06 bits per heavy atom. The van der Waals surface area contributed by atoms with Gasteiger partial charge in [0.1, 0.15) is 0 Å². The first-order chi connectivity index (χ1) is 8.22. The van der Waals surface area contributed by atoms with Crippen molar-refractivity contribution in [3.8, 4) is 0 Å². The summed E-state index contributed by atoms with van der Waals surface area (Å²) in [5, 5.41) is 11.5. The van der Waals surface area contributed by atoms with Crippen molar-refractivity contribution in [1.29, 1.82) is 0 Å². The predicted octanol–water partition coefficient (Wildman–Crippen LogP) is 2.50. The van der Waals surface area contributed by atoms with E-state index in [4.69, 9.17) is 0 Å². The maximum atomic E-state index is 4.10. The smallest absolute Gasteiger partial charge is 0.0827 e. The summed E-state index contributed by atoms with van der Waals surface area (Å²) < 4.78 is 1.87. The van der Waals surface area contributed by atoms with Crippen molar-refractivity contribution in [3.63, 3.8) is 0 Å². The van der Waals surface area contributed by atoms with E-state index in [0.717, 1.165) is 44.1 Å². The van der Waals surface area contributed by atoms with E-state index in [1.54, 1.807) is 0 Å². The van der Waals surface area contributed by atoms with E-state index in [1.165, 1.54) is 0 Å². The van der Waals surface area contributed by atoms with Crippen LogP contribution in [0, 0.1) is 5.92 Å². The van der Waals surface area contributed by atoms with E-state index in [-0.39, 0.29) is 0 Å². The predicted molar refractivity (Wildman–Crippen MR) is 73.1 cm³/mol. The molecule has 1 aromatic rings. The summed E-state index contributed by atoms with van der Waals surface area (Å²) in [4.78, 5) is 0. The highest BCUT2D eigenvalue weighted by Gasteiger charge is 1.99. The molecule has 4 heteroatoms. The monoisotopic (exact) mass is 240 g/mol. The number of rotatable bonds is 7. The van der Waals surface area contributed by atoms with Crippen LogP contribution in [0.25, 0.3) is 0 Å². The van der Waals surface area contributed by atoms with Gasteiger partial charge >= 0.3 is 0 Å². The third-order valence-corrected chi connectivity index (χ3v) is 2.25.